The lowest BCUT2D eigenvalue weighted by molar-refractivity contribution is -0.122. The van der Waals surface area contributed by atoms with Gasteiger partial charge >= 0.3 is 0 Å². The summed E-state index contributed by atoms with van der Waals surface area (Å²) in [6, 6.07) is 13.4. The van der Waals surface area contributed by atoms with Crippen LogP contribution in [0.15, 0.2) is 52.9 Å². The van der Waals surface area contributed by atoms with E-state index in [1.54, 1.807) is 23.1 Å². The van der Waals surface area contributed by atoms with Crippen molar-refractivity contribution in [2.24, 2.45) is 0 Å². The summed E-state index contributed by atoms with van der Waals surface area (Å²) in [6.07, 6.45) is 0. The Morgan fingerprint density at radius 1 is 1.18 bits per heavy atom. The number of rotatable bonds is 5. The van der Waals surface area contributed by atoms with Gasteiger partial charge in [-0.15, -0.1) is 0 Å². The molecule has 3 aromatic rings. The number of halogens is 3. The largest absolute Gasteiger partial charge is 0.465 e. The molecule has 2 heterocycles. The second kappa shape index (κ2) is 8.68. The van der Waals surface area contributed by atoms with E-state index in [9.17, 15) is 14.0 Å². The molecular formula is C25H23FI2N2O3. The normalized spacial score (nSPS) is 16.5. The molecule has 4 rings (SSSR count). The maximum absolute atomic E-state index is 13.6. The molecule has 8 heteroatoms. The Morgan fingerprint density at radius 2 is 1.85 bits per heavy atom. The molecule has 33 heavy (non-hydrogen) atoms. The first kappa shape index (κ1) is 24.2. The van der Waals surface area contributed by atoms with Crippen LogP contribution >= 0.6 is 45.2 Å². The van der Waals surface area contributed by atoms with Gasteiger partial charge in [0, 0.05) is 14.7 Å². The van der Waals surface area contributed by atoms with Gasteiger partial charge in [-0.2, -0.15) is 0 Å². The van der Waals surface area contributed by atoms with Crippen molar-refractivity contribution in [3.05, 3.63) is 86.1 Å². The van der Waals surface area contributed by atoms with Gasteiger partial charge in [-0.25, -0.2) is 4.39 Å². The van der Waals surface area contributed by atoms with Crippen LogP contribution in [-0.4, -0.2) is 11.8 Å². The van der Waals surface area contributed by atoms with Crippen molar-refractivity contribution in [2.75, 3.05) is 4.90 Å². The van der Waals surface area contributed by atoms with E-state index in [1.807, 2.05) is 45.9 Å². The number of nitrogens with zero attached hydrogens (tertiary/aromatic N) is 1. The van der Waals surface area contributed by atoms with E-state index >= 15 is 0 Å². The first-order chi connectivity index (χ1) is 15.4. The average Bonchev–Trinajstić information content (AvgIpc) is 3.25. The molecule has 0 saturated heterocycles. The zero-order valence-electron chi connectivity index (χ0n) is 18.6. The van der Waals surface area contributed by atoms with E-state index in [2.05, 4.69) is 50.5 Å². The predicted octanol–water partition coefficient (Wildman–Crippen LogP) is 6.19. The van der Waals surface area contributed by atoms with Gasteiger partial charge in [0.05, 0.1) is 17.6 Å². The highest BCUT2D eigenvalue weighted by molar-refractivity contribution is 14.1. The second-order valence-corrected chi connectivity index (χ2v) is 12.0. The molecule has 1 atom stereocenters. The molecular weight excluding hydrogens is 649 g/mol. The Labute approximate surface area is 219 Å². The molecule has 0 radical (unpaired) electrons. The number of amides is 2. The van der Waals surface area contributed by atoms with Crippen LogP contribution in [0.5, 0.6) is 0 Å². The predicted molar refractivity (Wildman–Crippen MR) is 142 cm³/mol. The van der Waals surface area contributed by atoms with Crippen molar-refractivity contribution in [3.8, 4) is 0 Å². The number of aryl methyl sites for hydroxylation is 1. The molecule has 0 saturated carbocycles. The molecule has 0 bridgehead atoms. The lowest BCUT2D eigenvalue weighted by atomic mass is 9.86. The average molecular weight is 672 g/mol. The Morgan fingerprint density at radius 3 is 2.45 bits per heavy atom. The minimum atomic E-state index is -0.783. The molecule has 5 nitrogen and oxygen atoms in total. The molecule has 1 aliphatic rings. The van der Waals surface area contributed by atoms with Crippen molar-refractivity contribution < 1.29 is 18.4 Å². The molecule has 1 aromatic heterocycles. The topological polar surface area (TPSA) is 62.6 Å². The molecule has 172 valence electrons. The SMILES string of the molecule is Cc1ccc(CNC(=O)c2cc(I)c3c(c2)N(C(C)(I)c2ccc(F)cc2)C(=O)C3(C)C)o1. The van der Waals surface area contributed by atoms with Gasteiger partial charge in [0.1, 0.15) is 20.9 Å². The van der Waals surface area contributed by atoms with Crippen LogP contribution in [0.4, 0.5) is 10.1 Å². The molecule has 1 aliphatic heterocycles. The highest BCUT2D eigenvalue weighted by Crippen LogP contribution is 2.51. The maximum atomic E-state index is 13.6. The molecule has 0 spiro atoms. The Balaban J connectivity index is 1.74. The number of benzene rings is 2. The van der Waals surface area contributed by atoms with Gasteiger partial charge in [-0.05, 0) is 115 Å². The minimum Gasteiger partial charge on any atom is -0.465 e. The molecule has 2 aromatic carbocycles. The lowest BCUT2D eigenvalue weighted by Crippen LogP contribution is -2.45. The summed E-state index contributed by atoms with van der Waals surface area (Å²) in [5.74, 6) is 0.800. The van der Waals surface area contributed by atoms with E-state index in [0.717, 1.165) is 20.5 Å². The number of furan rings is 1. The molecule has 2 amide bonds. The van der Waals surface area contributed by atoms with Gasteiger partial charge in [0.2, 0.25) is 5.91 Å². The fraction of sp³-hybridized carbons (Fsp3) is 0.280. The smallest absolute Gasteiger partial charge is 0.251 e. The van der Waals surface area contributed by atoms with Crippen LogP contribution < -0.4 is 10.2 Å². The standard InChI is InChI=1S/C25H23FI2N2O3/c1-14-5-10-18(33-14)13-29-22(31)15-11-19(27)21-20(12-15)30(23(32)24(21,2)3)25(4,28)16-6-8-17(26)9-7-16/h5-12H,13H2,1-4H3,(H,29,31). The summed E-state index contributed by atoms with van der Waals surface area (Å²) in [5.41, 5.74) is 2.06. The Kier molecular flexibility index (Phi) is 6.36. The second-order valence-electron chi connectivity index (χ2n) is 8.77. The van der Waals surface area contributed by atoms with Gasteiger partial charge < -0.3 is 9.73 Å². The lowest BCUT2D eigenvalue weighted by Gasteiger charge is -2.36. The first-order valence-electron chi connectivity index (χ1n) is 10.4. The van der Waals surface area contributed by atoms with Gasteiger partial charge in [0.25, 0.3) is 5.91 Å². The zero-order valence-corrected chi connectivity index (χ0v) is 22.9. The van der Waals surface area contributed by atoms with Crippen LogP contribution in [-0.2, 0) is 20.3 Å². The van der Waals surface area contributed by atoms with E-state index in [1.165, 1.54) is 12.1 Å². The molecule has 0 aliphatic carbocycles. The number of carbonyl (C=O) groups excluding carboxylic acids is 2. The number of fused-ring (bicyclic) bond motifs is 1. The summed E-state index contributed by atoms with van der Waals surface area (Å²) in [6.45, 7) is 7.83. The van der Waals surface area contributed by atoms with Gasteiger partial charge in [-0.1, -0.05) is 12.1 Å². The Hall–Kier alpha value is -1.95. The molecule has 0 fully saturated rings. The number of nitrogens with one attached hydrogen (secondary N) is 1. The number of hydrogen-bond donors (Lipinski definition) is 1. The summed E-state index contributed by atoms with van der Waals surface area (Å²) >= 11 is 4.41. The van der Waals surface area contributed by atoms with E-state index in [-0.39, 0.29) is 24.2 Å². The number of hydrogen-bond acceptors (Lipinski definition) is 3. The summed E-state index contributed by atoms with van der Waals surface area (Å²) in [5, 5.41) is 2.89. The van der Waals surface area contributed by atoms with Crippen molar-refractivity contribution in [1.29, 1.82) is 0 Å². The third-order valence-corrected chi connectivity index (χ3v) is 7.90. The third-order valence-electron chi connectivity index (χ3n) is 5.95. The monoisotopic (exact) mass is 672 g/mol. The first-order valence-corrected chi connectivity index (χ1v) is 12.6. The third kappa shape index (κ3) is 4.31. The van der Waals surface area contributed by atoms with E-state index in [0.29, 0.717) is 17.0 Å². The van der Waals surface area contributed by atoms with Crippen LogP contribution in [0, 0.1) is 16.3 Å². The summed E-state index contributed by atoms with van der Waals surface area (Å²) in [4.78, 5) is 28.4. The fourth-order valence-corrected chi connectivity index (χ4v) is 6.29. The van der Waals surface area contributed by atoms with Crippen molar-refractivity contribution in [1.82, 2.24) is 5.32 Å². The van der Waals surface area contributed by atoms with Gasteiger partial charge in [0.15, 0.2) is 0 Å². The zero-order chi connectivity index (χ0) is 24.1. The van der Waals surface area contributed by atoms with Crippen molar-refractivity contribution in [3.63, 3.8) is 0 Å². The molecule has 1 N–H and O–H groups in total. The van der Waals surface area contributed by atoms with Crippen LogP contribution in [0.2, 0.25) is 0 Å². The Bertz CT molecular complexity index is 1250. The minimum absolute atomic E-state index is 0.0692. The van der Waals surface area contributed by atoms with Crippen molar-refractivity contribution in [2.45, 2.75) is 43.2 Å². The molecule has 1 unspecified atom stereocenters. The van der Waals surface area contributed by atoms with Crippen LogP contribution in [0.25, 0.3) is 0 Å². The van der Waals surface area contributed by atoms with E-state index in [4.69, 9.17) is 4.42 Å². The maximum Gasteiger partial charge on any atom is 0.251 e. The quantitative estimate of drug-likeness (QED) is 0.200. The van der Waals surface area contributed by atoms with E-state index < -0.39 is 8.96 Å². The van der Waals surface area contributed by atoms with Crippen LogP contribution in [0.1, 0.15) is 53.8 Å². The van der Waals surface area contributed by atoms with Crippen LogP contribution in [0.3, 0.4) is 0 Å². The number of carbonyl (C=O) groups is 2. The number of anilines is 1. The van der Waals surface area contributed by atoms with Crippen molar-refractivity contribution >= 4 is 62.7 Å². The summed E-state index contributed by atoms with van der Waals surface area (Å²) in [7, 11) is 0. The highest BCUT2D eigenvalue weighted by atomic mass is 127. The fourth-order valence-electron chi connectivity index (χ4n) is 4.16. The highest BCUT2D eigenvalue weighted by Gasteiger charge is 2.51. The number of alkyl halides is 1. The van der Waals surface area contributed by atoms with Gasteiger partial charge in [-0.3, -0.25) is 14.5 Å². The summed E-state index contributed by atoms with van der Waals surface area (Å²) < 4.78 is 19.1.